The van der Waals surface area contributed by atoms with E-state index in [1.807, 2.05) is 35.2 Å². The van der Waals surface area contributed by atoms with E-state index in [1.54, 1.807) is 14.2 Å². The smallest absolute Gasteiger partial charge is 0.259 e. The monoisotopic (exact) mass is 448 g/mol. The summed E-state index contributed by atoms with van der Waals surface area (Å²) in [6.45, 7) is 1.30. The maximum atomic E-state index is 12.8. The summed E-state index contributed by atoms with van der Waals surface area (Å²) in [6, 6.07) is 9.49. The van der Waals surface area contributed by atoms with Gasteiger partial charge in [0.1, 0.15) is 5.75 Å². The molecule has 2 fully saturated rings. The lowest BCUT2D eigenvalue weighted by atomic mass is 9.90. The van der Waals surface area contributed by atoms with Crippen LogP contribution in [0.3, 0.4) is 0 Å². The molecule has 2 amide bonds. The fourth-order valence-electron chi connectivity index (χ4n) is 4.61. The molecule has 2 aromatic heterocycles. The van der Waals surface area contributed by atoms with E-state index >= 15 is 0 Å². The van der Waals surface area contributed by atoms with Gasteiger partial charge >= 0.3 is 0 Å². The van der Waals surface area contributed by atoms with Crippen LogP contribution >= 0.6 is 0 Å². The van der Waals surface area contributed by atoms with Crippen LogP contribution in [-0.2, 0) is 11.2 Å². The summed E-state index contributed by atoms with van der Waals surface area (Å²) in [5.74, 6) is 1.27. The number of aromatic nitrogens is 2. The molecule has 172 valence electrons. The molecule has 3 aromatic rings. The first-order valence-corrected chi connectivity index (χ1v) is 11.5. The number of rotatable bonds is 6. The molecule has 8 heteroatoms. The van der Waals surface area contributed by atoms with Crippen molar-refractivity contribution in [1.29, 1.82) is 0 Å². The summed E-state index contributed by atoms with van der Waals surface area (Å²) < 4.78 is 10.8. The Hall–Kier alpha value is -3.42. The van der Waals surface area contributed by atoms with Crippen molar-refractivity contribution in [3.63, 3.8) is 0 Å². The van der Waals surface area contributed by atoms with Gasteiger partial charge in [-0.15, -0.1) is 0 Å². The van der Waals surface area contributed by atoms with Gasteiger partial charge in [-0.3, -0.25) is 9.59 Å². The molecule has 2 aliphatic rings. The van der Waals surface area contributed by atoms with Gasteiger partial charge in [0, 0.05) is 37.7 Å². The molecule has 1 aromatic carbocycles. The van der Waals surface area contributed by atoms with Crippen molar-refractivity contribution in [3.8, 4) is 5.75 Å². The second-order valence-corrected chi connectivity index (χ2v) is 8.88. The van der Waals surface area contributed by atoms with E-state index in [2.05, 4.69) is 15.5 Å². The van der Waals surface area contributed by atoms with Gasteiger partial charge in [0.15, 0.2) is 0 Å². The minimum Gasteiger partial charge on any atom is -0.497 e. The van der Waals surface area contributed by atoms with Gasteiger partial charge in [-0.1, -0.05) is 17.3 Å². The van der Waals surface area contributed by atoms with Gasteiger partial charge in [-0.05, 0) is 49.4 Å². The molecule has 8 nitrogen and oxygen atoms in total. The Balaban J connectivity index is 1.31. The van der Waals surface area contributed by atoms with Gasteiger partial charge in [-0.2, -0.15) is 0 Å². The molecule has 0 bridgehead atoms. The number of methoxy groups -OCH3 is 1. The van der Waals surface area contributed by atoms with Crippen LogP contribution in [0.5, 0.6) is 5.75 Å². The topological polar surface area (TPSA) is 97.6 Å². The van der Waals surface area contributed by atoms with Gasteiger partial charge in [0.25, 0.3) is 11.6 Å². The number of ether oxygens (including phenoxy) is 1. The van der Waals surface area contributed by atoms with Crippen LogP contribution in [-0.4, -0.2) is 54.1 Å². The Labute approximate surface area is 192 Å². The van der Waals surface area contributed by atoms with Crippen LogP contribution in [0.2, 0.25) is 0 Å². The minimum atomic E-state index is -0.152. The molecule has 0 atom stereocenters. The lowest BCUT2D eigenvalue weighted by molar-refractivity contribution is -0.131. The molecule has 5 rings (SSSR count). The van der Waals surface area contributed by atoms with Gasteiger partial charge in [0.2, 0.25) is 5.91 Å². The zero-order valence-corrected chi connectivity index (χ0v) is 19.0. The number of amides is 2. The number of carbonyl (C=O) groups is 2. The first-order valence-electron chi connectivity index (χ1n) is 11.5. The zero-order chi connectivity index (χ0) is 22.9. The Morgan fingerprint density at radius 3 is 2.48 bits per heavy atom. The van der Waals surface area contributed by atoms with Crippen molar-refractivity contribution in [2.75, 3.05) is 27.2 Å². The Bertz CT molecular complexity index is 1180. The molecule has 1 saturated carbocycles. The number of likely N-dealkylation sites (tertiary alicyclic amines) is 1. The highest BCUT2D eigenvalue weighted by Gasteiger charge is 2.32. The SMILES string of the molecule is CNC(=O)c1cc(C2CC2)nc2onc(C3CCN(C(=O)Cc4ccc(OC)cc4)CC3)c12. The number of piperidine rings is 1. The molecule has 1 aliphatic heterocycles. The van der Waals surface area contributed by atoms with Crippen LogP contribution in [0, 0.1) is 0 Å². The van der Waals surface area contributed by atoms with Crippen LogP contribution < -0.4 is 10.1 Å². The number of hydrogen-bond acceptors (Lipinski definition) is 6. The molecule has 1 N–H and O–H groups in total. The van der Waals surface area contributed by atoms with E-state index in [9.17, 15) is 9.59 Å². The molecular formula is C25H28N4O4. The van der Waals surface area contributed by atoms with E-state index in [0.29, 0.717) is 42.1 Å². The summed E-state index contributed by atoms with van der Waals surface area (Å²) in [5, 5.41) is 7.78. The minimum absolute atomic E-state index is 0.116. The van der Waals surface area contributed by atoms with Gasteiger partial charge < -0.3 is 19.5 Å². The molecule has 33 heavy (non-hydrogen) atoms. The molecule has 0 unspecified atom stereocenters. The number of hydrogen-bond donors (Lipinski definition) is 1. The maximum Gasteiger partial charge on any atom is 0.259 e. The number of fused-ring (bicyclic) bond motifs is 1. The first-order chi connectivity index (χ1) is 16.1. The fraction of sp³-hybridized carbons (Fsp3) is 0.440. The molecular weight excluding hydrogens is 420 g/mol. The largest absolute Gasteiger partial charge is 0.497 e. The Kier molecular flexibility index (Phi) is 5.74. The summed E-state index contributed by atoms with van der Waals surface area (Å²) in [4.78, 5) is 32.0. The van der Waals surface area contributed by atoms with Gasteiger partial charge in [0.05, 0.1) is 30.2 Å². The molecule has 0 spiro atoms. The second-order valence-electron chi connectivity index (χ2n) is 8.88. The highest BCUT2D eigenvalue weighted by molar-refractivity contribution is 6.06. The van der Waals surface area contributed by atoms with Gasteiger partial charge in [-0.25, -0.2) is 4.98 Å². The third kappa shape index (κ3) is 4.29. The second kappa shape index (κ2) is 8.84. The number of pyridine rings is 1. The van der Waals surface area contributed by atoms with Crippen LogP contribution in [0.4, 0.5) is 0 Å². The number of nitrogens with zero attached hydrogens (tertiary/aromatic N) is 3. The summed E-state index contributed by atoms with van der Waals surface area (Å²) in [5.41, 5.74) is 3.67. The number of benzene rings is 1. The van der Waals surface area contributed by atoms with E-state index < -0.39 is 0 Å². The lowest BCUT2D eigenvalue weighted by Crippen LogP contribution is -2.38. The van der Waals surface area contributed by atoms with Crippen LogP contribution in [0.1, 0.15) is 64.8 Å². The van der Waals surface area contributed by atoms with E-state index in [-0.39, 0.29) is 17.7 Å². The normalized spacial score (nSPS) is 16.7. The number of nitrogens with one attached hydrogen (secondary N) is 1. The molecule has 0 radical (unpaired) electrons. The fourth-order valence-corrected chi connectivity index (χ4v) is 4.61. The van der Waals surface area contributed by atoms with Crippen molar-refractivity contribution in [3.05, 3.63) is 52.8 Å². The highest BCUT2D eigenvalue weighted by atomic mass is 16.5. The zero-order valence-electron chi connectivity index (χ0n) is 19.0. The van der Waals surface area contributed by atoms with Crippen LogP contribution in [0.15, 0.2) is 34.9 Å². The van der Waals surface area contributed by atoms with E-state index in [4.69, 9.17) is 9.26 Å². The quantitative estimate of drug-likeness (QED) is 0.621. The molecule has 1 aliphatic carbocycles. The average Bonchev–Trinajstić information content (AvgIpc) is 3.62. The Morgan fingerprint density at radius 2 is 1.85 bits per heavy atom. The van der Waals surface area contributed by atoms with E-state index in [0.717, 1.165) is 48.4 Å². The predicted molar refractivity (Wildman–Crippen MR) is 122 cm³/mol. The summed E-state index contributed by atoms with van der Waals surface area (Å²) >= 11 is 0. The van der Waals surface area contributed by atoms with Crippen molar-refractivity contribution < 1.29 is 18.8 Å². The maximum absolute atomic E-state index is 12.8. The van der Waals surface area contributed by atoms with E-state index in [1.165, 1.54) is 0 Å². The highest BCUT2D eigenvalue weighted by Crippen LogP contribution is 2.41. The predicted octanol–water partition coefficient (Wildman–Crippen LogP) is 3.42. The standard InChI is InChI=1S/C25H28N4O4/c1-26-24(31)19-14-20(16-5-6-16)27-25-22(19)23(28-33-25)17-9-11-29(12-10-17)21(30)13-15-3-7-18(32-2)8-4-15/h3-4,7-8,14,16-17H,5-6,9-13H2,1-2H3,(H,26,31). The summed E-state index contributed by atoms with van der Waals surface area (Å²) in [7, 11) is 3.26. The number of carbonyl (C=O) groups excluding carboxylic acids is 2. The van der Waals surface area contributed by atoms with Crippen molar-refractivity contribution in [2.45, 2.75) is 43.9 Å². The first kappa shape index (κ1) is 21.4. The third-order valence-corrected chi connectivity index (χ3v) is 6.71. The molecule has 1 saturated heterocycles. The average molecular weight is 449 g/mol. The Morgan fingerprint density at radius 1 is 1.12 bits per heavy atom. The summed E-state index contributed by atoms with van der Waals surface area (Å²) in [6.07, 6.45) is 4.10. The van der Waals surface area contributed by atoms with Crippen molar-refractivity contribution in [2.24, 2.45) is 0 Å². The lowest BCUT2D eigenvalue weighted by Gasteiger charge is -2.31. The third-order valence-electron chi connectivity index (χ3n) is 6.71. The van der Waals surface area contributed by atoms with Crippen molar-refractivity contribution in [1.82, 2.24) is 20.4 Å². The van der Waals surface area contributed by atoms with Crippen LogP contribution in [0.25, 0.3) is 11.1 Å². The van der Waals surface area contributed by atoms with Crippen molar-refractivity contribution >= 4 is 22.9 Å². The molecule has 3 heterocycles.